The number of nitrogens with zero attached hydrogens (tertiary/aromatic N) is 1. The number of hydrogen-bond acceptors (Lipinski definition) is 3. The van der Waals surface area contributed by atoms with Gasteiger partial charge in [-0.15, -0.1) is 0 Å². The summed E-state index contributed by atoms with van der Waals surface area (Å²) in [6.07, 6.45) is 1.65. The number of carbonyl (C=O) groups is 2. The van der Waals surface area contributed by atoms with Crippen LogP contribution in [-0.4, -0.2) is 16.9 Å². The number of halogens is 1. The van der Waals surface area contributed by atoms with Crippen molar-refractivity contribution in [3.63, 3.8) is 0 Å². The van der Waals surface area contributed by atoms with E-state index in [0.29, 0.717) is 10.7 Å². The van der Waals surface area contributed by atoms with Crippen molar-refractivity contribution < 1.29 is 9.59 Å². The Morgan fingerprint density at radius 1 is 1.19 bits per heavy atom. The van der Waals surface area contributed by atoms with Gasteiger partial charge in [-0.2, -0.15) is 0 Å². The van der Waals surface area contributed by atoms with E-state index in [1.54, 1.807) is 30.3 Å². The molecule has 1 heterocycles. The highest BCUT2D eigenvalue weighted by molar-refractivity contribution is 7.80. The Labute approximate surface area is 133 Å². The maximum atomic E-state index is 12.6. The smallest absolute Gasteiger partial charge is 0.269 e. The molecule has 1 N–H and O–H groups in total. The van der Waals surface area contributed by atoms with Crippen LogP contribution in [0.1, 0.15) is 20.8 Å². The summed E-state index contributed by atoms with van der Waals surface area (Å²) in [5.74, 6) is -0.897. The third kappa shape index (κ3) is 3.49. The molecule has 0 aromatic heterocycles. The topological polar surface area (TPSA) is 49.4 Å². The standard InChI is InChI=1S/C15H15ClN2O2S/c1-15(2,3)8-11-12(19)17-14(21)18(13(11)20)10-6-4-9(16)5-7-10/h4-8H,1-3H3,(H,17,19,21). The molecule has 0 atom stereocenters. The van der Waals surface area contributed by atoms with Crippen molar-refractivity contribution >= 4 is 46.4 Å². The lowest BCUT2D eigenvalue weighted by atomic mass is 9.92. The zero-order chi connectivity index (χ0) is 15.8. The van der Waals surface area contributed by atoms with Crippen LogP contribution < -0.4 is 10.2 Å². The highest BCUT2D eigenvalue weighted by Crippen LogP contribution is 2.25. The molecule has 0 saturated carbocycles. The average molecular weight is 323 g/mol. The summed E-state index contributed by atoms with van der Waals surface area (Å²) in [5.41, 5.74) is 0.354. The molecule has 1 fully saturated rings. The van der Waals surface area contributed by atoms with Gasteiger partial charge >= 0.3 is 0 Å². The molecule has 1 aromatic carbocycles. The van der Waals surface area contributed by atoms with E-state index in [0.717, 1.165) is 0 Å². The van der Waals surface area contributed by atoms with E-state index in [2.05, 4.69) is 5.32 Å². The fraction of sp³-hybridized carbons (Fsp3) is 0.267. The zero-order valence-corrected chi connectivity index (χ0v) is 13.5. The molecule has 0 radical (unpaired) electrons. The minimum absolute atomic E-state index is 0.0679. The van der Waals surface area contributed by atoms with Crippen molar-refractivity contribution in [3.8, 4) is 0 Å². The summed E-state index contributed by atoms with van der Waals surface area (Å²) in [4.78, 5) is 25.9. The SMILES string of the molecule is CC(C)(C)C=C1C(=O)NC(=S)N(c2ccc(Cl)cc2)C1=O. The maximum Gasteiger partial charge on any atom is 0.269 e. The van der Waals surface area contributed by atoms with Crippen molar-refractivity contribution in [2.24, 2.45) is 5.41 Å². The van der Waals surface area contributed by atoms with Gasteiger partial charge in [0.05, 0.1) is 5.69 Å². The first-order chi connectivity index (χ1) is 9.69. The molecule has 6 heteroatoms. The van der Waals surface area contributed by atoms with Crippen LogP contribution in [0.3, 0.4) is 0 Å². The van der Waals surface area contributed by atoms with Gasteiger partial charge in [0.25, 0.3) is 11.8 Å². The van der Waals surface area contributed by atoms with Crippen LogP contribution in [0.5, 0.6) is 0 Å². The number of anilines is 1. The largest absolute Gasteiger partial charge is 0.298 e. The molecule has 2 rings (SSSR count). The molecule has 21 heavy (non-hydrogen) atoms. The first-order valence-electron chi connectivity index (χ1n) is 6.37. The zero-order valence-electron chi connectivity index (χ0n) is 11.9. The van der Waals surface area contributed by atoms with Crippen LogP contribution in [0.2, 0.25) is 5.02 Å². The normalized spacial score (nSPS) is 18.2. The van der Waals surface area contributed by atoms with Gasteiger partial charge in [-0.05, 0) is 41.9 Å². The van der Waals surface area contributed by atoms with Gasteiger partial charge in [0.2, 0.25) is 0 Å². The lowest BCUT2D eigenvalue weighted by molar-refractivity contribution is -0.122. The van der Waals surface area contributed by atoms with Gasteiger partial charge in [-0.25, -0.2) is 0 Å². The number of carbonyl (C=O) groups excluding carboxylic acids is 2. The fourth-order valence-corrected chi connectivity index (χ4v) is 2.32. The molecule has 0 spiro atoms. The van der Waals surface area contributed by atoms with Crippen molar-refractivity contribution in [2.45, 2.75) is 20.8 Å². The van der Waals surface area contributed by atoms with E-state index < -0.39 is 11.8 Å². The summed E-state index contributed by atoms with van der Waals surface area (Å²) in [7, 11) is 0. The fourth-order valence-electron chi connectivity index (χ4n) is 1.92. The number of amides is 2. The van der Waals surface area contributed by atoms with Gasteiger partial charge in [-0.3, -0.25) is 19.8 Å². The number of hydrogen-bond donors (Lipinski definition) is 1. The summed E-state index contributed by atoms with van der Waals surface area (Å²) < 4.78 is 0. The minimum Gasteiger partial charge on any atom is -0.298 e. The molecule has 4 nitrogen and oxygen atoms in total. The Hall–Kier alpha value is -1.72. The monoisotopic (exact) mass is 322 g/mol. The second kappa shape index (κ2) is 5.58. The highest BCUT2D eigenvalue weighted by Gasteiger charge is 2.35. The number of benzene rings is 1. The molecule has 110 valence electrons. The van der Waals surface area contributed by atoms with Crippen LogP contribution in [0.25, 0.3) is 0 Å². The van der Waals surface area contributed by atoms with Gasteiger partial charge < -0.3 is 0 Å². The van der Waals surface area contributed by atoms with Gasteiger partial charge in [0.15, 0.2) is 5.11 Å². The van der Waals surface area contributed by atoms with E-state index in [-0.39, 0.29) is 16.1 Å². The van der Waals surface area contributed by atoms with Crippen molar-refractivity contribution in [3.05, 3.63) is 40.9 Å². The summed E-state index contributed by atoms with van der Waals surface area (Å²) in [6, 6.07) is 6.68. The average Bonchev–Trinajstić information content (AvgIpc) is 2.35. The van der Waals surface area contributed by atoms with Gasteiger partial charge in [0, 0.05) is 5.02 Å². The summed E-state index contributed by atoms with van der Waals surface area (Å²) in [5, 5.41) is 3.17. The van der Waals surface area contributed by atoms with E-state index in [1.807, 2.05) is 20.8 Å². The highest BCUT2D eigenvalue weighted by atomic mass is 35.5. The van der Waals surface area contributed by atoms with Crippen LogP contribution in [0.4, 0.5) is 5.69 Å². The lowest BCUT2D eigenvalue weighted by Crippen LogP contribution is -2.54. The predicted molar refractivity (Wildman–Crippen MR) is 87.2 cm³/mol. The second-order valence-corrected chi connectivity index (χ2v) is 6.62. The number of rotatable bonds is 1. The molecule has 1 aliphatic rings. The van der Waals surface area contributed by atoms with E-state index >= 15 is 0 Å². The summed E-state index contributed by atoms with van der Waals surface area (Å²) >= 11 is 10.9. The van der Waals surface area contributed by atoms with E-state index in [9.17, 15) is 9.59 Å². The molecule has 0 bridgehead atoms. The Bertz CT molecular complexity index is 645. The molecule has 0 unspecified atom stereocenters. The maximum absolute atomic E-state index is 12.6. The quantitative estimate of drug-likeness (QED) is 0.491. The van der Waals surface area contributed by atoms with E-state index in [1.165, 1.54) is 4.90 Å². The predicted octanol–water partition coefficient (Wildman–Crippen LogP) is 3.06. The molecular weight excluding hydrogens is 308 g/mol. The first-order valence-corrected chi connectivity index (χ1v) is 7.16. The van der Waals surface area contributed by atoms with E-state index in [4.69, 9.17) is 23.8 Å². The minimum atomic E-state index is -0.467. The number of thiocarbonyl (C=S) groups is 1. The molecule has 1 aromatic rings. The third-order valence-electron chi connectivity index (χ3n) is 2.76. The van der Waals surface area contributed by atoms with Gasteiger partial charge in [0.1, 0.15) is 5.57 Å². The van der Waals surface area contributed by atoms with Crippen molar-refractivity contribution in [1.29, 1.82) is 0 Å². The number of nitrogens with one attached hydrogen (secondary N) is 1. The molecule has 1 aliphatic heterocycles. The number of allylic oxidation sites excluding steroid dienone is 1. The van der Waals surface area contributed by atoms with Crippen LogP contribution in [0, 0.1) is 5.41 Å². The van der Waals surface area contributed by atoms with Crippen LogP contribution >= 0.6 is 23.8 Å². The third-order valence-corrected chi connectivity index (χ3v) is 3.30. The molecule has 2 amide bonds. The Morgan fingerprint density at radius 2 is 1.76 bits per heavy atom. The second-order valence-electron chi connectivity index (χ2n) is 5.80. The van der Waals surface area contributed by atoms with Crippen molar-refractivity contribution in [2.75, 3.05) is 4.90 Å². The van der Waals surface area contributed by atoms with Crippen LogP contribution in [-0.2, 0) is 9.59 Å². The Balaban J connectivity index is 2.45. The van der Waals surface area contributed by atoms with Crippen LogP contribution in [0.15, 0.2) is 35.9 Å². The van der Waals surface area contributed by atoms with Gasteiger partial charge in [-0.1, -0.05) is 38.4 Å². The summed E-state index contributed by atoms with van der Waals surface area (Å²) in [6.45, 7) is 5.75. The Morgan fingerprint density at radius 3 is 2.29 bits per heavy atom. The lowest BCUT2D eigenvalue weighted by Gasteiger charge is -2.30. The Kier molecular flexibility index (Phi) is 4.16. The first kappa shape index (κ1) is 15.7. The molecule has 1 saturated heterocycles. The molecular formula is C15H15ClN2O2S. The molecule has 0 aliphatic carbocycles. The van der Waals surface area contributed by atoms with Crippen molar-refractivity contribution in [1.82, 2.24) is 5.32 Å².